The molecule has 0 aliphatic carbocycles. The Morgan fingerprint density at radius 2 is 2.05 bits per heavy atom. The molecule has 7 nitrogen and oxygen atoms in total. The van der Waals surface area contributed by atoms with E-state index in [0.717, 1.165) is 30.8 Å². The van der Waals surface area contributed by atoms with E-state index in [0.29, 0.717) is 18.7 Å². The van der Waals surface area contributed by atoms with Gasteiger partial charge in [0.05, 0.1) is 23.6 Å². The van der Waals surface area contributed by atoms with Crippen molar-refractivity contribution in [3.8, 4) is 0 Å². The maximum Gasteiger partial charge on any atom is 0.358 e. The molecule has 0 aromatic carbocycles. The molecule has 0 fully saturated rings. The van der Waals surface area contributed by atoms with Crippen LogP contribution in [0.15, 0.2) is 6.07 Å². The highest BCUT2D eigenvalue weighted by atomic mass is 16.4. The molecule has 7 heteroatoms. The van der Waals surface area contributed by atoms with Crippen LogP contribution in [0.2, 0.25) is 0 Å². The molecule has 21 heavy (non-hydrogen) atoms. The molecule has 0 aliphatic rings. The van der Waals surface area contributed by atoms with Crippen molar-refractivity contribution in [3.63, 3.8) is 0 Å². The Kier molecular flexibility index (Phi) is 4.72. The summed E-state index contributed by atoms with van der Waals surface area (Å²) in [6, 6.07) is 2.04. The van der Waals surface area contributed by atoms with Crippen LogP contribution in [0.25, 0.3) is 0 Å². The number of hydrogen-bond acceptors (Lipinski definition) is 4. The van der Waals surface area contributed by atoms with E-state index >= 15 is 0 Å². The van der Waals surface area contributed by atoms with Crippen molar-refractivity contribution < 1.29 is 9.90 Å². The van der Waals surface area contributed by atoms with Crippen LogP contribution in [-0.4, -0.2) is 35.9 Å². The number of aromatic carboxylic acids is 1. The molecule has 0 amide bonds. The molecule has 0 radical (unpaired) electrons. The molecule has 2 rings (SSSR count). The predicted octanol–water partition coefficient (Wildman–Crippen LogP) is 1.76. The lowest BCUT2D eigenvalue weighted by Crippen LogP contribution is -2.12. The maximum atomic E-state index is 11.2. The molecule has 114 valence electrons. The second-order valence-electron chi connectivity index (χ2n) is 4.89. The minimum Gasteiger partial charge on any atom is -0.476 e. The predicted molar refractivity (Wildman–Crippen MR) is 77.4 cm³/mol. The number of carbonyl (C=O) groups is 1. The molecule has 1 N–H and O–H groups in total. The number of aryl methyl sites for hydroxylation is 2. The molecule has 2 heterocycles. The Labute approximate surface area is 123 Å². The van der Waals surface area contributed by atoms with E-state index in [1.165, 1.54) is 0 Å². The first-order valence-corrected chi connectivity index (χ1v) is 7.31. The van der Waals surface area contributed by atoms with Crippen LogP contribution in [-0.2, 0) is 25.9 Å². The molecular formula is C14H21N5O2. The number of nitrogens with zero attached hydrogens (tertiary/aromatic N) is 5. The normalized spacial score (nSPS) is 11.0. The van der Waals surface area contributed by atoms with E-state index in [4.69, 9.17) is 0 Å². The van der Waals surface area contributed by atoms with Gasteiger partial charge in [0.1, 0.15) is 0 Å². The monoisotopic (exact) mass is 291 g/mol. The minimum atomic E-state index is -1.03. The van der Waals surface area contributed by atoms with E-state index in [2.05, 4.69) is 22.3 Å². The van der Waals surface area contributed by atoms with Crippen molar-refractivity contribution >= 4 is 5.97 Å². The third kappa shape index (κ3) is 3.12. The van der Waals surface area contributed by atoms with Crippen LogP contribution in [0.3, 0.4) is 0 Å². The third-order valence-corrected chi connectivity index (χ3v) is 3.41. The summed E-state index contributed by atoms with van der Waals surface area (Å²) in [6.07, 6.45) is 2.37. The minimum absolute atomic E-state index is 0.0510. The van der Waals surface area contributed by atoms with Gasteiger partial charge in [0.2, 0.25) is 0 Å². The summed E-state index contributed by atoms with van der Waals surface area (Å²) in [6.45, 7) is 7.38. The van der Waals surface area contributed by atoms with Gasteiger partial charge in [-0.1, -0.05) is 25.5 Å². The Morgan fingerprint density at radius 1 is 1.29 bits per heavy atom. The summed E-state index contributed by atoms with van der Waals surface area (Å²) < 4.78 is 3.60. The van der Waals surface area contributed by atoms with Gasteiger partial charge in [-0.05, 0) is 25.8 Å². The van der Waals surface area contributed by atoms with Crippen LogP contribution in [0.1, 0.15) is 54.8 Å². The van der Waals surface area contributed by atoms with Crippen molar-refractivity contribution in [1.82, 2.24) is 24.8 Å². The van der Waals surface area contributed by atoms with Crippen LogP contribution < -0.4 is 0 Å². The summed E-state index contributed by atoms with van der Waals surface area (Å²) in [5.74, 6) is -1.03. The van der Waals surface area contributed by atoms with E-state index in [1.807, 2.05) is 24.6 Å². The lowest BCUT2D eigenvalue weighted by atomic mass is 10.2. The summed E-state index contributed by atoms with van der Waals surface area (Å²) >= 11 is 0. The fraction of sp³-hybridized carbons (Fsp3) is 0.571. The average molecular weight is 291 g/mol. The van der Waals surface area contributed by atoms with Gasteiger partial charge >= 0.3 is 5.97 Å². The van der Waals surface area contributed by atoms with E-state index in [-0.39, 0.29) is 5.69 Å². The molecule has 0 aliphatic heterocycles. The van der Waals surface area contributed by atoms with Crippen LogP contribution in [0, 0.1) is 0 Å². The highest BCUT2D eigenvalue weighted by Crippen LogP contribution is 2.13. The molecule has 0 unspecified atom stereocenters. The van der Waals surface area contributed by atoms with Crippen molar-refractivity contribution in [2.24, 2.45) is 0 Å². The summed E-state index contributed by atoms with van der Waals surface area (Å²) in [4.78, 5) is 11.2. The lowest BCUT2D eigenvalue weighted by molar-refractivity contribution is 0.0689. The molecule has 0 atom stereocenters. The SMILES string of the molecule is CCCc1c(C(=O)O)nnn1Cc1cc(CC)nn1CC. The molecule has 0 saturated carbocycles. The van der Waals surface area contributed by atoms with Crippen molar-refractivity contribution in [2.75, 3.05) is 0 Å². The second-order valence-corrected chi connectivity index (χ2v) is 4.89. The van der Waals surface area contributed by atoms with Gasteiger partial charge in [-0.15, -0.1) is 5.10 Å². The van der Waals surface area contributed by atoms with E-state index < -0.39 is 5.97 Å². The highest BCUT2D eigenvalue weighted by molar-refractivity contribution is 5.86. The lowest BCUT2D eigenvalue weighted by Gasteiger charge is -2.07. The summed E-state index contributed by atoms with van der Waals surface area (Å²) in [5, 5.41) is 21.5. The Hall–Kier alpha value is -2.18. The fourth-order valence-corrected chi connectivity index (χ4v) is 2.35. The topological polar surface area (TPSA) is 85.8 Å². The largest absolute Gasteiger partial charge is 0.476 e. The van der Waals surface area contributed by atoms with Gasteiger partial charge < -0.3 is 5.11 Å². The first-order valence-electron chi connectivity index (χ1n) is 7.31. The molecule has 2 aromatic rings. The number of rotatable bonds is 7. The Bertz CT molecular complexity index is 629. The number of carboxylic acids is 1. The van der Waals surface area contributed by atoms with Crippen molar-refractivity contribution in [3.05, 3.63) is 28.8 Å². The van der Waals surface area contributed by atoms with Crippen LogP contribution in [0.4, 0.5) is 0 Å². The second kappa shape index (κ2) is 6.51. The highest BCUT2D eigenvalue weighted by Gasteiger charge is 2.19. The molecule has 0 bridgehead atoms. The van der Waals surface area contributed by atoms with Crippen molar-refractivity contribution in [2.45, 2.75) is 53.1 Å². The van der Waals surface area contributed by atoms with E-state index in [9.17, 15) is 9.90 Å². The molecule has 2 aromatic heterocycles. The summed E-state index contributed by atoms with van der Waals surface area (Å²) in [5.41, 5.74) is 2.78. The quantitative estimate of drug-likeness (QED) is 0.840. The first-order chi connectivity index (χ1) is 10.1. The fourth-order valence-electron chi connectivity index (χ4n) is 2.35. The number of hydrogen-bond donors (Lipinski definition) is 1. The molecule has 0 spiro atoms. The average Bonchev–Trinajstić information content (AvgIpc) is 3.04. The number of aromatic nitrogens is 5. The van der Waals surface area contributed by atoms with Crippen molar-refractivity contribution in [1.29, 1.82) is 0 Å². The number of carboxylic acid groups (broad SMARTS) is 1. The zero-order valence-corrected chi connectivity index (χ0v) is 12.7. The Morgan fingerprint density at radius 3 is 2.62 bits per heavy atom. The van der Waals surface area contributed by atoms with Gasteiger partial charge in [-0.25, -0.2) is 9.48 Å². The maximum absolute atomic E-state index is 11.2. The van der Waals surface area contributed by atoms with Gasteiger partial charge in [0, 0.05) is 6.54 Å². The van der Waals surface area contributed by atoms with Gasteiger partial charge in [0.15, 0.2) is 5.69 Å². The van der Waals surface area contributed by atoms with Crippen LogP contribution in [0.5, 0.6) is 0 Å². The van der Waals surface area contributed by atoms with Gasteiger partial charge in [0.25, 0.3) is 0 Å². The first kappa shape index (κ1) is 15.2. The summed E-state index contributed by atoms with van der Waals surface area (Å²) in [7, 11) is 0. The van der Waals surface area contributed by atoms with Gasteiger partial charge in [-0.2, -0.15) is 5.10 Å². The standard InChI is InChI=1S/C14H21N5O2/c1-4-7-12-13(14(20)21)15-17-19(12)9-11-8-10(5-2)16-18(11)6-3/h8H,4-7,9H2,1-3H3,(H,20,21). The molecule has 0 saturated heterocycles. The third-order valence-electron chi connectivity index (χ3n) is 3.41. The van der Waals surface area contributed by atoms with Crippen LogP contribution >= 0.6 is 0 Å². The Balaban J connectivity index is 2.35. The zero-order valence-electron chi connectivity index (χ0n) is 12.7. The molecular weight excluding hydrogens is 270 g/mol. The zero-order chi connectivity index (χ0) is 15.4. The van der Waals surface area contributed by atoms with E-state index in [1.54, 1.807) is 4.68 Å². The van der Waals surface area contributed by atoms with Gasteiger partial charge in [-0.3, -0.25) is 4.68 Å². The smallest absolute Gasteiger partial charge is 0.358 e.